The SMILES string of the molecule is C=CCNC(=O)COC(=O)c1[nH]c(C)c(C(=O)OCC)c1C. The average Bonchev–Trinajstić information content (AvgIpc) is 2.77. The zero-order valence-corrected chi connectivity index (χ0v) is 12.9. The van der Waals surface area contributed by atoms with E-state index in [-0.39, 0.29) is 12.3 Å². The van der Waals surface area contributed by atoms with E-state index in [1.807, 2.05) is 0 Å². The van der Waals surface area contributed by atoms with Crippen LogP contribution in [0, 0.1) is 13.8 Å². The molecule has 0 atom stereocenters. The van der Waals surface area contributed by atoms with Gasteiger partial charge in [-0.25, -0.2) is 9.59 Å². The number of aromatic nitrogens is 1. The minimum absolute atomic E-state index is 0.136. The highest BCUT2D eigenvalue weighted by molar-refractivity contribution is 5.99. The number of hydrogen-bond donors (Lipinski definition) is 2. The molecule has 0 aliphatic rings. The van der Waals surface area contributed by atoms with E-state index < -0.39 is 24.5 Å². The summed E-state index contributed by atoms with van der Waals surface area (Å²) in [6.07, 6.45) is 1.52. The first-order chi connectivity index (χ1) is 10.4. The van der Waals surface area contributed by atoms with E-state index in [0.29, 0.717) is 23.4 Å². The maximum Gasteiger partial charge on any atom is 0.355 e. The number of H-pyrrole nitrogens is 1. The molecule has 120 valence electrons. The molecule has 2 N–H and O–H groups in total. The van der Waals surface area contributed by atoms with Gasteiger partial charge < -0.3 is 19.8 Å². The number of carbonyl (C=O) groups is 3. The molecule has 0 saturated heterocycles. The van der Waals surface area contributed by atoms with Crippen molar-refractivity contribution in [3.63, 3.8) is 0 Å². The Morgan fingerprint density at radius 3 is 2.50 bits per heavy atom. The fourth-order valence-corrected chi connectivity index (χ4v) is 1.90. The molecule has 1 aromatic rings. The quantitative estimate of drug-likeness (QED) is 0.584. The van der Waals surface area contributed by atoms with Gasteiger partial charge in [0.15, 0.2) is 6.61 Å². The molecule has 1 amide bonds. The summed E-state index contributed by atoms with van der Waals surface area (Å²) in [4.78, 5) is 38.0. The Labute approximate surface area is 128 Å². The third kappa shape index (κ3) is 4.21. The molecule has 22 heavy (non-hydrogen) atoms. The number of aryl methyl sites for hydroxylation is 1. The van der Waals surface area contributed by atoms with Crippen LogP contribution in [0.3, 0.4) is 0 Å². The van der Waals surface area contributed by atoms with Gasteiger partial charge in [0.2, 0.25) is 0 Å². The molecular weight excluding hydrogens is 288 g/mol. The first kappa shape index (κ1) is 17.5. The van der Waals surface area contributed by atoms with Gasteiger partial charge in [0.1, 0.15) is 5.69 Å². The van der Waals surface area contributed by atoms with Crippen molar-refractivity contribution in [2.24, 2.45) is 0 Å². The van der Waals surface area contributed by atoms with Crippen LogP contribution in [-0.4, -0.2) is 42.6 Å². The lowest BCUT2D eigenvalue weighted by molar-refractivity contribution is -0.124. The first-order valence-corrected chi connectivity index (χ1v) is 6.83. The monoisotopic (exact) mass is 308 g/mol. The summed E-state index contributed by atoms with van der Waals surface area (Å²) in [5.41, 5.74) is 1.40. The van der Waals surface area contributed by atoms with Crippen molar-refractivity contribution in [3.05, 3.63) is 35.2 Å². The fraction of sp³-hybridized carbons (Fsp3) is 0.400. The van der Waals surface area contributed by atoms with Gasteiger partial charge in [-0.15, -0.1) is 6.58 Å². The van der Waals surface area contributed by atoms with Gasteiger partial charge in [-0.05, 0) is 26.3 Å². The zero-order valence-electron chi connectivity index (χ0n) is 12.9. The van der Waals surface area contributed by atoms with Crippen molar-refractivity contribution in [3.8, 4) is 0 Å². The summed E-state index contributed by atoms with van der Waals surface area (Å²) >= 11 is 0. The molecule has 0 aliphatic carbocycles. The van der Waals surface area contributed by atoms with Crippen LogP contribution in [0.2, 0.25) is 0 Å². The number of aromatic amines is 1. The highest BCUT2D eigenvalue weighted by Crippen LogP contribution is 2.19. The summed E-state index contributed by atoms with van der Waals surface area (Å²) in [5, 5.41) is 2.49. The molecule has 0 fully saturated rings. The lowest BCUT2D eigenvalue weighted by Gasteiger charge is -2.05. The summed E-state index contributed by atoms with van der Waals surface area (Å²) in [6.45, 7) is 8.57. The van der Waals surface area contributed by atoms with E-state index in [1.54, 1.807) is 20.8 Å². The molecule has 0 spiro atoms. The second-order valence-electron chi connectivity index (χ2n) is 4.51. The summed E-state index contributed by atoms with van der Waals surface area (Å²) < 4.78 is 9.85. The highest BCUT2D eigenvalue weighted by atomic mass is 16.5. The lowest BCUT2D eigenvalue weighted by Crippen LogP contribution is -2.28. The van der Waals surface area contributed by atoms with Crippen LogP contribution in [-0.2, 0) is 14.3 Å². The van der Waals surface area contributed by atoms with Crippen LogP contribution in [0.1, 0.15) is 39.0 Å². The summed E-state index contributed by atoms with van der Waals surface area (Å²) in [5.74, 6) is -1.64. The Hall–Kier alpha value is -2.57. The minimum Gasteiger partial charge on any atom is -0.462 e. The van der Waals surface area contributed by atoms with Crippen molar-refractivity contribution < 1.29 is 23.9 Å². The van der Waals surface area contributed by atoms with Gasteiger partial charge >= 0.3 is 11.9 Å². The van der Waals surface area contributed by atoms with Crippen molar-refractivity contribution >= 4 is 17.8 Å². The molecule has 7 nitrogen and oxygen atoms in total. The van der Waals surface area contributed by atoms with E-state index in [0.717, 1.165) is 0 Å². The van der Waals surface area contributed by atoms with Crippen LogP contribution in [0.25, 0.3) is 0 Å². The van der Waals surface area contributed by atoms with Gasteiger partial charge in [-0.1, -0.05) is 6.08 Å². The second-order valence-corrected chi connectivity index (χ2v) is 4.51. The van der Waals surface area contributed by atoms with Crippen molar-refractivity contribution in [2.45, 2.75) is 20.8 Å². The number of rotatable bonds is 7. The molecule has 0 aliphatic heterocycles. The van der Waals surface area contributed by atoms with E-state index in [1.165, 1.54) is 6.08 Å². The van der Waals surface area contributed by atoms with Crippen LogP contribution < -0.4 is 5.32 Å². The standard InChI is InChI=1S/C15H20N2O5/c1-5-7-16-11(18)8-22-15(20)13-9(3)12(10(4)17-13)14(19)21-6-2/h5,17H,1,6-8H2,2-4H3,(H,16,18). The fourth-order valence-electron chi connectivity index (χ4n) is 1.90. The van der Waals surface area contributed by atoms with Gasteiger partial charge in [0.25, 0.3) is 5.91 Å². The van der Waals surface area contributed by atoms with E-state index >= 15 is 0 Å². The third-order valence-corrected chi connectivity index (χ3v) is 2.90. The molecule has 0 saturated carbocycles. The number of esters is 2. The Balaban J connectivity index is 2.78. The largest absolute Gasteiger partial charge is 0.462 e. The molecule has 1 aromatic heterocycles. The summed E-state index contributed by atoms with van der Waals surface area (Å²) in [6, 6.07) is 0. The number of ether oxygens (including phenoxy) is 2. The Morgan fingerprint density at radius 2 is 1.91 bits per heavy atom. The van der Waals surface area contributed by atoms with Crippen LogP contribution >= 0.6 is 0 Å². The third-order valence-electron chi connectivity index (χ3n) is 2.90. The molecule has 0 unspecified atom stereocenters. The first-order valence-electron chi connectivity index (χ1n) is 6.83. The number of nitrogens with one attached hydrogen (secondary N) is 2. The molecule has 1 rings (SSSR count). The number of hydrogen-bond acceptors (Lipinski definition) is 5. The minimum atomic E-state index is -0.704. The van der Waals surface area contributed by atoms with E-state index in [2.05, 4.69) is 16.9 Å². The van der Waals surface area contributed by atoms with Gasteiger partial charge in [-0.3, -0.25) is 4.79 Å². The van der Waals surface area contributed by atoms with Crippen molar-refractivity contribution in [2.75, 3.05) is 19.8 Å². The van der Waals surface area contributed by atoms with E-state index in [9.17, 15) is 14.4 Å². The smallest absolute Gasteiger partial charge is 0.355 e. The average molecular weight is 308 g/mol. The highest BCUT2D eigenvalue weighted by Gasteiger charge is 2.24. The molecule has 0 radical (unpaired) electrons. The summed E-state index contributed by atoms with van der Waals surface area (Å²) in [7, 11) is 0. The van der Waals surface area contributed by atoms with Crippen LogP contribution in [0.5, 0.6) is 0 Å². The normalized spacial score (nSPS) is 9.95. The second kappa shape index (κ2) is 8.02. The van der Waals surface area contributed by atoms with Crippen LogP contribution in [0.4, 0.5) is 0 Å². The van der Waals surface area contributed by atoms with Gasteiger partial charge in [0, 0.05) is 12.2 Å². The zero-order chi connectivity index (χ0) is 16.7. The van der Waals surface area contributed by atoms with Crippen molar-refractivity contribution in [1.82, 2.24) is 10.3 Å². The van der Waals surface area contributed by atoms with Crippen molar-refractivity contribution in [1.29, 1.82) is 0 Å². The maximum atomic E-state index is 12.0. The molecule has 0 bridgehead atoms. The Morgan fingerprint density at radius 1 is 1.23 bits per heavy atom. The molecule has 0 aromatic carbocycles. The Kier molecular flexibility index (Phi) is 6.37. The van der Waals surface area contributed by atoms with Gasteiger partial charge in [-0.2, -0.15) is 0 Å². The van der Waals surface area contributed by atoms with Crippen LogP contribution in [0.15, 0.2) is 12.7 Å². The Bertz CT molecular complexity index is 589. The molecule has 7 heteroatoms. The topological polar surface area (TPSA) is 97.5 Å². The maximum absolute atomic E-state index is 12.0. The lowest BCUT2D eigenvalue weighted by atomic mass is 10.1. The number of carbonyl (C=O) groups excluding carboxylic acids is 3. The predicted molar refractivity (Wildman–Crippen MR) is 79.7 cm³/mol. The molecule has 1 heterocycles. The van der Waals surface area contributed by atoms with Gasteiger partial charge in [0.05, 0.1) is 12.2 Å². The van der Waals surface area contributed by atoms with E-state index in [4.69, 9.17) is 9.47 Å². The number of amides is 1. The predicted octanol–water partition coefficient (Wildman–Crippen LogP) is 1.27. The molecular formula is C15H20N2O5.